The third kappa shape index (κ3) is 4.21. The highest BCUT2D eigenvalue weighted by Gasteiger charge is 2.13. The lowest BCUT2D eigenvalue weighted by Gasteiger charge is -2.11. The van der Waals surface area contributed by atoms with E-state index in [4.69, 9.17) is 4.74 Å². The molecule has 3 heteroatoms. The van der Waals surface area contributed by atoms with Crippen LogP contribution in [0.4, 0.5) is 0 Å². The largest absolute Gasteiger partial charge is 0.380 e. The van der Waals surface area contributed by atoms with Crippen molar-refractivity contribution >= 4 is 5.91 Å². The van der Waals surface area contributed by atoms with E-state index in [1.165, 1.54) is 0 Å². The summed E-state index contributed by atoms with van der Waals surface area (Å²) in [6.45, 7) is 1.16. The normalized spacial score (nSPS) is 17.6. The summed E-state index contributed by atoms with van der Waals surface area (Å²) in [6, 6.07) is 8.04. The van der Waals surface area contributed by atoms with Gasteiger partial charge in [0.25, 0.3) is 0 Å². The quantitative estimate of drug-likeness (QED) is 0.798. The van der Waals surface area contributed by atoms with Crippen LogP contribution >= 0.6 is 0 Å². The summed E-state index contributed by atoms with van der Waals surface area (Å²) in [5, 5.41) is 3.00. The first-order valence-electron chi connectivity index (χ1n) is 6.78. The highest BCUT2D eigenvalue weighted by atomic mass is 16.5. The Labute approximate surface area is 114 Å². The number of methoxy groups -OCH3 is 1. The molecule has 0 heterocycles. The Morgan fingerprint density at radius 2 is 2.16 bits per heavy atom. The zero-order valence-electron chi connectivity index (χ0n) is 11.4. The number of ether oxygens (including phenoxy) is 1. The van der Waals surface area contributed by atoms with Gasteiger partial charge in [0.1, 0.15) is 0 Å². The van der Waals surface area contributed by atoms with Gasteiger partial charge in [-0.25, -0.2) is 0 Å². The van der Waals surface area contributed by atoms with Crippen molar-refractivity contribution in [3.63, 3.8) is 0 Å². The van der Waals surface area contributed by atoms with Crippen LogP contribution in [-0.2, 0) is 22.7 Å². The monoisotopic (exact) mass is 259 g/mol. The van der Waals surface area contributed by atoms with Crippen LogP contribution in [0.3, 0.4) is 0 Å². The first kappa shape index (κ1) is 13.8. The molecule has 1 aromatic carbocycles. The fraction of sp³-hybridized carbons (Fsp3) is 0.438. The van der Waals surface area contributed by atoms with E-state index in [0.717, 1.165) is 24.0 Å². The SMILES string of the molecule is COCc1ccccc1CNC(=O)C[C@H]1C=CCC1. The van der Waals surface area contributed by atoms with E-state index >= 15 is 0 Å². The molecule has 0 radical (unpaired) electrons. The number of rotatable bonds is 6. The zero-order valence-corrected chi connectivity index (χ0v) is 11.4. The fourth-order valence-electron chi connectivity index (χ4n) is 2.40. The molecule has 0 bridgehead atoms. The minimum atomic E-state index is 0.128. The van der Waals surface area contributed by atoms with Gasteiger partial charge in [-0.15, -0.1) is 0 Å². The molecule has 102 valence electrons. The van der Waals surface area contributed by atoms with Crippen LogP contribution in [0.25, 0.3) is 0 Å². The van der Waals surface area contributed by atoms with Crippen molar-refractivity contribution in [2.24, 2.45) is 5.92 Å². The molecule has 0 aliphatic heterocycles. The maximum atomic E-state index is 11.9. The summed E-state index contributed by atoms with van der Waals surface area (Å²) >= 11 is 0. The molecule has 0 fully saturated rings. The molecule has 2 rings (SSSR count). The van der Waals surface area contributed by atoms with Crippen LogP contribution in [-0.4, -0.2) is 13.0 Å². The molecular formula is C16H21NO2. The number of benzene rings is 1. The van der Waals surface area contributed by atoms with Gasteiger partial charge in [0, 0.05) is 20.1 Å². The molecule has 1 aliphatic rings. The molecule has 1 atom stereocenters. The number of carbonyl (C=O) groups excluding carboxylic acids is 1. The van der Waals surface area contributed by atoms with E-state index in [9.17, 15) is 4.79 Å². The van der Waals surface area contributed by atoms with Gasteiger partial charge in [0.15, 0.2) is 0 Å². The lowest BCUT2D eigenvalue weighted by molar-refractivity contribution is -0.121. The van der Waals surface area contributed by atoms with E-state index in [1.807, 2.05) is 24.3 Å². The number of hydrogen-bond donors (Lipinski definition) is 1. The number of hydrogen-bond acceptors (Lipinski definition) is 2. The highest BCUT2D eigenvalue weighted by molar-refractivity contribution is 5.76. The van der Waals surface area contributed by atoms with Crippen LogP contribution in [0.2, 0.25) is 0 Å². The van der Waals surface area contributed by atoms with Crippen LogP contribution < -0.4 is 5.32 Å². The van der Waals surface area contributed by atoms with Gasteiger partial charge in [-0.05, 0) is 29.9 Å². The maximum Gasteiger partial charge on any atom is 0.220 e. The molecule has 1 amide bonds. The molecule has 1 aromatic rings. The predicted octanol–water partition coefficient (Wildman–Crippen LogP) is 2.81. The van der Waals surface area contributed by atoms with Crippen molar-refractivity contribution in [2.75, 3.05) is 7.11 Å². The van der Waals surface area contributed by atoms with Crippen molar-refractivity contribution in [1.29, 1.82) is 0 Å². The number of carbonyl (C=O) groups is 1. The second-order valence-electron chi connectivity index (χ2n) is 4.95. The summed E-state index contributed by atoms with van der Waals surface area (Å²) < 4.78 is 5.16. The maximum absolute atomic E-state index is 11.9. The van der Waals surface area contributed by atoms with E-state index in [2.05, 4.69) is 17.5 Å². The van der Waals surface area contributed by atoms with E-state index in [1.54, 1.807) is 7.11 Å². The highest BCUT2D eigenvalue weighted by Crippen LogP contribution is 2.20. The molecule has 19 heavy (non-hydrogen) atoms. The minimum Gasteiger partial charge on any atom is -0.380 e. The van der Waals surface area contributed by atoms with Gasteiger partial charge in [0.2, 0.25) is 5.91 Å². The molecular weight excluding hydrogens is 238 g/mol. The van der Waals surface area contributed by atoms with Crippen LogP contribution in [0, 0.1) is 5.92 Å². The van der Waals surface area contributed by atoms with Crippen LogP contribution in [0.1, 0.15) is 30.4 Å². The molecule has 0 saturated carbocycles. The average molecular weight is 259 g/mol. The van der Waals surface area contributed by atoms with Crippen molar-refractivity contribution in [1.82, 2.24) is 5.32 Å². The van der Waals surface area contributed by atoms with Gasteiger partial charge in [-0.3, -0.25) is 4.79 Å². The van der Waals surface area contributed by atoms with Gasteiger partial charge < -0.3 is 10.1 Å². The Hall–Kier alpha value is -1.61. The van der Waals surface area contributed by atoms with Crippen molar-refractivity contribution in [3.8, 4) is 0 Å². The molecule has 3 nitrogen and oxygen atoms in total. The molecule has 0 unspecified atom stereocenters. The first-order valence-corrected chi connectivity index (χ1v) is 6.78. The molecule has 0 saturated heterocycles. The fourth-order valence-corrected chi connectivity index (χ4v) is 2.40. The van der Waals surface area contributed by atoms with Crippen molar-refractivity contribution in [3.05, 3.63) is 47.5 Å². The Kier molecular flexibility index (Phi) is 5.16. The number of amides is 1. The summed E-state index contributed by atoms with van der Waals surface area (Å²) in [6.07, 6.45) is 7.12. The Morgan fingerprint density at radius 1 is 1.37 bits per heavy atom. The van der Waals surface area contributed by atoms with Crippen molar-refractivity contribution < 1.29 is 9.53 Å². The predicted molar refractivity (Wildman–Crippen MR) is 75.5 cm³/mol. The first-order chi connectivity index (χ1) is 9.29. The minimum absolute atomic E-state index is 0.128. The topological polar surface area (TPSA) is 38.3 Å². The van der Waals surface area contributed by atoms with E-state index < -0.39 is 0 Å². The molecule has 0 spiro atoms. The van der Waals surface area contributed by atoms with Crippen LogP contribution in [0.15, 0.2) is 36.4 Å². The smallest absolute Gasteiger partial charge is 0.220 e. The molecule has 1 N–H and O–H groups in total. The summed E-state index contributed by atoms with van der Waals surface area (Å²) in [7, 11) is 1.68. The Morgan fingerprint density at radius 3 is 2.84 bits per heavy atom. The van der Waals surface area contributed by atoms with Crippen molar-refractivity contribution in [2.45, 2.75) is 32.4 Å². The lowest BCUT2D eigenvalue weighted by Crippen LogP contribution is -2.24. The van der Waals surface area contributed by atoms with E-state index in [-0.39, 0.29) is 5.91 Å². The molecule has 0 aromatic heterocycles. The second-order valence-corrected chi connectivity index (χ2v) is 4.95. The van der Waals surface area contributed by atoms with Gasteiger partial charge >= 0.3 is 0 Å². The van der Waals surface area contributed by atoms with Gasteiger partial charge in [-0.1, -0.05) is 36.4 Å². The zero-order chi connectivity index (χ0) is 13.5. The standard InChI is InChI=1S/C16H21NO2/c1-19-12-15-9-5-4-8-14(15)11-17-16(18)10-13-6-2-3-7-13/h2,4-6,8-9,13H,3,7,10-12H2,1H3,(H,17,18)/t13-/m0/s1. The average Bonchev–Trinajstić information content (AvgIpc) is 2.91. The van der Waals surface area contributed by atoms with Gasteiger partial charge in [-0.2, -0.15) is 0 Å². The number of nitrogens with one attached hydrogen (secondary N) is 1. The lowest BCUT2D eigenvalue weighted by atomic mass is 10.0. The summed E-state index contributed by atoms with van der Waals surface area (Å²) in [5.41, 5.74) is 2.26. The third-order valence-corrected chi connectivity index (χ3v) is 3.45. The second kappa shape index (κ2) is 7.10. The number of allylic oxidation sites excluding steroid dienone is 2. The van der Waals surface area contributed by atoms with Crippen LogP contribution in [0.5, 0.6) is 0 Å². The Balaban J connectivity index is 1.84. The van der Waals surface area contributed by atoms with E-state index in [0.29, 0.717) is 25.5 Å². The third-order valence-electron chi connectivity index (χ3n) is 3.45. The Bertz CT molecular complexity index is 454. The van der Waals surface area contributed by atoms with Gasteiger partial charge in [0.05, 0.1) is 6.61 Å². The summed E-state index contributed by atoms with van der Waals surface area (Å²) in [4.78, 5) is 11.9. The summed E-state index contributed by atoms with van der Waals surface area (Å²) in [5.74, 6) is 0.554. The molecule has 1 aliphatic carbocycles.